The number of aromatic nitrogens is 4. The minimum absolute atomic E-state index is 0.145. The summed E-state index contributed by atoms with van der Waals surface area (Å²) in [7, 11) is 0. The minimum Gasteiger partial charge on any atom is -0.368 e. The van der Waals surface area contributed by atoms with Crippen molar-refractivity contribution in [2.45, 2.75) is 46.0 Å². The molecule has 1 aromatic carbocycles. The van der Waals surface area contributed by atoms with Crippen LogP contribution in [0.3, 0.4) is 0 Å². The molecule has 0 bridgehead atoms. The van der Waals surface area contributed by atoms with Crippen molar-refractivity contribution < 1.29 is 4.79 Å². The Morgan fingerprint density at radius 3 is 2.50 bits per heavy atom. The average molecular weight is 408 g/mol. The summed E-state index contributed by atoms with van der Waals surface area (Å²) >= 11 is 0. The maximum absolute atomic E-state index is 11.7. The van der Waals surface area contributed by atoms with E-state index in [2.05, 4.69) is 47.1 Å². The van der Waals surface area contributed by atoms with Gasteiger partial charge < -0.3 is 16.0 Å². The molecule has 0 saturated heterocycles. The first-order valence-electron chi connectivity index (χ1n) is 10.7. The van der Waals surface area contributed by atoms with Crippen LogP contribution in [-0.2, 0) is 0 Å². The molecule has 158 valence electrons. The molecule has 2 amide bonds. The lowest BCUT2D eigenvalue weighted by atomic mass is 10.2. The molecule has 8 heteroatoms. The zero-order valence-electron chi connectivity index (χ0n) is 17.8. The molecule has 1 aliphatic rings. The number of hydrogen-bond donors (Lipinski definition) is 3. The third-order valence-electron chi connectivity index (χ3n) is 5.18. The summed E-state index contributed by atoms with van der Waals surface area (Å²) in [5.41, 5.74) is 3.89. The molecule has 4 rings (SSSR count). The van der Waals surface area contributed by atoms with Gasteiger partial charge in [0, 0.05) is 25.6 Å². The maximum Gasteiger partial charge on any atom is 0.314 e. The SMILES string of the molecule is CCCNC(=O)NCCNc1nc(C2CC2)nc2c1c(C)nn2-c1ccc(C)cc1. The molecule has 2 aromatic heterocycles. The molecule has 0 unspecified atom stereocenters. The number of benzene rings is 1. The largest absolute Gasteiger partial charge is 0.368 e. The van der Waals surface area contributed by atoms with Gasteiger partial charge in [0.05, 0.1) is 16.8 Å². The molecular weight excluding hydrogens is 378 g/mol. The van der Waals surface area contributed by atoms with Gasteiger partial charge in [-0.2, -0.15) is 5.10 Å². The van der Waals surface area contributed by atoms with Crippen LogP contribution >= 0.6 is 0 Å². The zero-order chi connectivity index (χ0) is 21.1. The number of nitrogens with one attached hydrogen (secondary N) is 3. The topological polar surface area (TPSA) is 96.8 Å². The van der Waals surface area contributed by atoms with E-state index in [1.165, 1.54) is 5.56 Å². The van der Waals surface area contributed by atoms with Crippen LogP contribution in [0.15, 0.2) is 24.3 Å². The molecule has 3 N–H and O–H groups in total. The van der Waals surface area contributed by atoms with E-state index in [9.17, 15) is 4.79 Å². The van der Waals surface area contributed by atoms with Gasteiger partial charge in [-0.3, -0.25) is 0 Å². The second-order valence-corrected chi connectivity index (χ2v) is 7.85. The molecule has 3 aromatic rings. The van der Waals surface area contributed by atoms with Gasteiger partial charge in [-0.15, -0.1) is 0 Å². The first kappa shape index (κ1) is 20.1. The van der Waals surface area contributed by atoms with Gasteiger partial charge in [-0.1, -0.05) is 24.6 Å². The van der Waals surface area contributed by atoms with Crippen LogP contribution in [0.1, 0.15) is 49.2 Å². The van der Waals surface area contributed by atoms with Crippen LogP contribution in [0.25, 0.3) is 16.7 Å². The number of anilines is 1. The van der Waals surface area contributed by atoms with E-state index in [1.807, 2.05) is 18.5 Å². The lowest BCUT2D eigenvalue weighted by Crippen LogP contribution is -2.38. The van der Waals surface area contributed by atoms with Gasteiger partial charge in [0.1, 0.15) is 11.6 Å². The maximum atomic E-state index is 11.7. The van der Waals surface area contributed by atoms with Gasteiger partial charge >= 0.3 is 6.03 Å². The zero-order valence-corrected chi connectivity index (χ0v) is 17.8. The van der Waals surface area contributed by atoms with E-state index in [4.69, 9.17) is 15.1 Å². The van der Waals surface area contributed by atoms with Crippen LogP contribution in [0.2, 0.25) is 0 Å². The summed E-state index contributed by atoms with van der Waals surface area (Å²) in [5.74, 6) is 2.08. The number of hydrogen-bond acceptors (Lipinski definition) is 5. The van der Waals surface area contributed by atoms with Crippen molar-refractivity contribution in [2.24, 2.45) is 0 Å². The molecule has 30 heavy (non-hydrogen) atoms. The second-order valence-electron chi connectivity index (χ2n) is 7.85. The van der Waals surface area contributed by atoms with Crippen molar-refractivity contribution in [1.82, 2.24) is 30.4 Å². The Morgan fingerprint density at radius 1 is 1.07 bits per heavy atom. The fraction of sp³-hybridized carbons (Fsp3) is 0.455. The van der Waals surface area contributed by atoms with Gasteiger partial charge in [0.15, 0.2) is 5.65 Å². The molecule has 8 nitrogen and oxygen atoms in total. The quantitative estimate of drug-likeness (QED) is 0.497. The lowest BCUT2D eigenvalue weighted by Gasteiger charge is -2.11. The highest BCUT2D eigenvalue weighted by atomic mass is 16.2. The van der Waals surface area contributed by atoms with E-state index in [0.717, 1.165) is 53.3 Å². The fourth-order valence-electron chi connectivity index (χ4n) is 3.38. The highest BCUT2D eigenvalue weighted by molar-refractivity contribution is 5.90. The molecule has 1 fully saturated rings. The number of carbonyl (C=O) groups is 1. The van der Waals surface area contributed by atoms with Crippen molar-refractivity contribution in [1.29, 1.82) is 0 Å². The summed E-state index contributed by atoms with van der Waals surface area (Å²) < 4.78 is 1.90. The third kappa shape index (κ3) is 4.37. The van der Waals surface area contributed by atoms with Gasteiger partial charge in [-0.05, 0) is 45.2 Å². The monoisotopic (exact) mass is 407 g/mol. The van der Waals surface area contributed by atoms with Crippen LogP contribution in [0, 0.1) is 13.8 Å². The highest BCUT2D eigenvalue weighted by Gasteiger charge is 2.29. The molecule has 0 radical (unpaired) electrons. The summed E-state index contributed by atoms with van der Waals surface area (Å²) in [5, 5.41) is 14.7. The molecule has 1 aliphatic carbocycles. The summed E-state index contributed by atoms with van der Waals surface area (Å²) in [6.07, 6.45) is 3.17. The van der Waals surface area contributed by atoms with Crippen molar-refractivity contribution in [3.05, 3.63) is 41.3 Å². The van der Waals surface area contributed by atoms with Crippen molar-refractivity contribution in [2.75, 3.05) is 25.0 Å². The van der Waals surface area contributed by atoms with Crippen molar-refractivity contribution in [3.63, 3.8) is 0 Å². The van der Waals surface area contributed by atoms with Gasteiger partial charge in [0.25, 0.3) is 0 Å². The summed E-state index contributed by atoms with van der Waals surface area (Å²) in [6, 6.07) is 8.14. The number of amides is 2. The molecule has 0 atom stereocenters. The Bertz CT molecular complexity index is 1040. The number of carbonyl (C=O) groups excluding carboxylic acids is 1. The molecular formula is C22H29N7O. The number of fused-ring (bicyclic) bond motifs is 1. The standard InChI is InChI=1S/C22H29N7O/c1-4-11-24-22(30)25-13-12-23-20-18-15(3)28-29(17-9-5-14(2)6-10-17)21(18)27-19(26-20)16-7-8-16/h5-6,9-10,16H,4,7-8,11-13H2,1-3H3,(H,23,26,27)(H2,24,25,30). The third-order valence-corrected chi connectivity index (χ3v) is 5.18. The number of nitrogens with zero attached hydrogens (tertiary/aromatic N) is 4. The van der Waals surface area contributed by atoms with E-state index in [1.54, 1.807) is 0 Å². The molecule has 0 spiro atoms. The minimum atomic E-state index is -0.145. The Kier molecular flexibility index (Phi) is 5.83. The Hall–Kier alpha value is -3.16. The predicted molar refractivity (Wildman–Crippen MR) is 118 cm³/mol. The molecule has 0 aliphatic heterocycles. The number of aryl methyl sites for hydroxylation is 2. The van der Waals surface area contributed by atoms with Crippen LogP contribution < -0.4 is 16.0 Å². The van der Waals surface area contributed by atoms with Crippen molar-refractivity contribution >= 4 is 22.9 Å². The first-order valence-corrected chi connectivity index (χ1v) is 10.7. The lowest BCUT2D eigenvalue weighted by molar-refractivity contribution is 0.241. The van der Waals surface area contributed by atoms with Crippen LogP contribution in [0.5, 0.6) is 0 Å². The fourth-order valence-corrected chi connectivity index (χ4v) is 3.38. The van der Waals surface area contributed by atoms with E-state index < -0.39 is 0 Å². The van der Waals surface area contributed by atoms with Crippen LogP contribution in [-0.4, -0.2) is 45.4 Å². The Morgan fingerprint density at radius 2 is 1.80 bits per heavy atom. The Labute approximate surface area is 176 Å². The molecule has 1 saturated carbocycles. The van der Waals surface area contributed by atoms with E-state index in [-0.39, 0.29) is 6.03 Å². The Balaban J connectivity index is 1.59. The van der Waals surface area contributed by atoms with Gasteiger partial charge in [0.2, 0.25) is 0 Å². The first-order chi connectivity index (χ1) is 14.6. The van der Waals surface area contributed by atoms with Gasteiger partial charge in [-0.25, -0.2) is 19.4 Å². The second kappa shape index (κ2) is 8.69. The normalized spacial score (nSPS) is 13.4. The number of urea groups is 1. The predicted octanol–water partition coefficient (Wildman–Crippen LogP) is 3.43. The van der Waals surface area contributed by atoms with E-state index in [0.29, 0.717) is 25.6 Å². The summed E-state index contributed by atoms with van der Waals surface area (Å²) in [6.45, 7) is 7.83. The van der Waals surface area contributed by atoms with E-state index >= 15 is 0 Å². The highest BCUT2D eigenvalue weighted by Crippen LogP contribution is 2.40. The number of rotatable bonds is 8. The molecule has 2 heterocycles. The van der Waals surface area contributed by atoms with Crippen molar-refractivity contribution in [3.8, 4) is 5.69 Å². The smallest absolute Gasteiger partial charge is 0.314 e. The average Bonchev–Trinajstić information content (AvgIpc) is 3.54. The van der Waals surface area contributed by atoms with Crippen LogP contribution in [0.4, 0.5) is 10.6 Å². The summed E-state index contributed by atoms with van der Waals surface area (Å²) in [4.78, 5) is 21.4.